The molecule has 0 aliphatic heterocycles. The Hall–Kier alpha value is -1.64. The SMILES string of the molecule is Sc1ccccc1S.c1ccc(-c2ccccc2)cc1. The summed E-state index contributed by atoms with van der Waals surface area (Å²) in [6.45, 7) is 0. The molecule has 0 bridgehead atoms. The quantitative estimate of drug-likeness (QED) is 0.535. The molecule has 0 saturated heterocycles. The van der Waals surface area contributed by atoms with Gasteiger partial charge in [-0.3, -0.25) is 0 Å². The molecule has 0 unspecified atom stereocenters. The second-order valence-corrected chi connectivity index (χ2v) is 5.18. The Morgan fingerprint density at radius 2 is 0.700 bits per heavy atom. The first-order valence-electron chi connectivity index (χ1n) is 6.35. The molecule has 0 N–H and O–H groups in total. The van der Waals surface area contributed by atoms with Gasteiger partial charge >= 0.3 is 0 Å². The predicted octanol–water partition coefficient (Wildman–Crippen LogP) is 5.62. The molecule has 3 aromatic rings. The maximum atomic E-state index is 4.12. The molecular formula is C18H16S2. The molecule has 0 aliphatic rings. The maximum Gasteiger partial charge on any atom is 0.0174 e. The van der Waals surface area contributed by atoms with Gasteiger partial charge in [-0.2, -0.15) is 0 Å². The van der Waals surface area contributed by atoms with Crippen molar-refractivity contribution in [1.29, 1.82) is 0 Å². The van der Waals surface area contributed by atoms with Crippen LogP contribution in [0.5, 0.6) is 0 Å². The highest BCUT2D eigenvalue weighted by molar-refractivity contribution is 7.83. The van der Waals surface area contributed by atoms with Crippen LogP contribution < -0.4 is 0 Å². The van der Waals surface area contributed by atoms with Crippen LogP contribution in [0.25, 0.3) is 11.1 Å². The van der Waals surface area contributed by atoms with E-state index < -0.39 is 0 Å². The van der Waals surface area contributed by atoms with Crippen molar-refractivity contribution in [3.63, 3.8) is 0 Å². The van der Waals surface area contributed by atoms with Crippen molar-refractivity contribution in [2.75, 3.05) is 0 Å². The highest BCUT2D eigenvalue weighted by Crippen LogP contribution is 2.17. The van der Waals surface area contributed by atoms with Crippen molar-refractivity contribution in [1.82, 2.24) is 0 Å². The third-order valence-electron chi connectivity index (χ3n) is 2.76. The maximum absolute atomic E-state index is 4.12. The summed E-state index contributed by atoms with van der Waals surface area (Å²) < 4.78 is 0. The van der Waals surface area contributed by atoms with Crippen LogP contribution in [0.4, 0.5) is 0 Å². The second-order valence-electron chi connectivity index (χ2n) is 4.22. The number of hydrogen-bond acceptors (Lipinski definition) is 2. The van der Waals surface area contributed by atoms with E-state index in [1.165, 1.54) is 11.1 Å². The van der Waals surface area contributed by atoms with Gasteiger partial charge in [0.1, 0.15) is 0 Å². The lowest BCUT2D eigenvalue weighted by atomic mass is 10.1. The second kappa shape index (κ2) is 7.83. The molecule has 0 heterocycles. The minimum atomic E-state index is 0.927. The summed E-state index contributed by atoms with van der Waals surface area (Å²) in [6.07, 6.45) is 0. The number of benzene rings is 3. The molecule has 0 aliphatic carbocycles. The monoisotopic (exact) mass is 296 g/mol. The van der Waals surface area contributed by atoms with E-state index in [1.807, 2.05) is 36.4 Å². The third-order valence-corrected chi connectivity index (χ3v) is 3.72. The average molecular weight is 296 g/mol. The fourth-order valence-corrected chi connectivity index (χ4v) is 2.05. The molecule has 0 atom stereocenters. The first-order valence-corrected chi connectivity index (χ1v) is 7.24. The summed E-state index contributed by atoms with van der Waals surface area (Å²) in [4.78, 5) is 1.85. The largest absolute Gasteiger partial charge is 0.142 e. The average Bonchev–Trinajstić information content (AvgIpc) is 2.53. The number of rotatable bonds is 1. The van der Waals surface area contributed by atoms with Gasteiger partial charge in [0.25, 0.3) is 0 Å². The molecular weight excluding hydrogens is 280 g/mol. The zero-order chi connectivity index (χ0) is 14.2. The Labute approximate surface area is 131 Å². The molecule has 0 nitrogen and oxygen atoms in total. The van der Waals surface area contributed by atoms with E-state index in [1.54, 1.807) is 0 Å². The van der Waals surface area contributed by atoms with Gasteiger partial charge in [-0.15, -0.1) is 25.3 Å². The van der Waals surface area contributed by atoms with Crippen molar-refractivity contribution in [3.05, 3.63) is 84.9 Å². The Bertz CT molecular complexity index is 575. The van der Waals surface area contributed by atoms with Crippen LogP contribution in [0.1, 0.15) is 0 Å². The molecule has 0 spiro atoms. The number of thiol groups is 2. The summed E-state index contributed by atoms with van der Waals surface area (Å²) >= 11 is 8.24. The zero-order valence-electron chi connectivity index (χ0n) is 11.0. The number of hydrogen-bond donors (Lipinski definition) is 2. The van der Waals surface area contributed by atoms with Gasteiger partial charge in [-0.1, -0.05) is 72.8 Å². The summed E-state index contributed by atoms with van der Waals surface area (Å²) in [5, 5.41) is 0. The standard InChI is InChI=1S/C12H10.C6H6S2/c1-3-7-11(8-4-1)12-9-5-2-6-10-12;7-5-3-1-2-4-6(5)8/h1-10H;1-4,7-8H. The minimum Gasteiger partial charge on any atom is -0.142 e. The minimum absolute atomic E-state index is 0.927. The van der Waals surface area contributed by atoms with Crippen LogP contribution in [0.15, 0.2) is 94.7 Å². The molecule has 0 fully saturated rings. The van der Waals surface area contributed by atoms with Crippen LogP contribution in [0.3, 0.4) is 0 Å². The van der Waals surface area contributed by atoms with E-state index in [4.69, 9.17) is 0 Å². The third kappa shape index (κ3) is 4.48. The fraction of sp³-hybridized carbons (Fsp3) is 0. The Morgan fingerprint density at radius 1 is 0.400 bits per heavy atom. The molecule has 0 aromatic heterocycles. The van der Waals surface area contributed by atoms with Crippen molar-refractivity contribution < 1.29 is 0 Å². The Balaban J connectivity index is 0.000000160. The van der Waals surface area contributed by atoms with Crippen LogP contribution >= 0.6 is 25.3 Å². The van der Waals surface area contributed by atoms with Gasteiger partial charge < -0.3 is 0 Å². The van der Waals surface area contributed by atoms with E-state index >= 15 is 0 Å². The lowest BCUT2D eigenvalue weighted by Crippen LogP contribution is -1.73. The van der Waals surface area contributed by atoms with Gasteiger partial charge in [-0.25, -0.2) is 0 Å². The van der Waals surface area contributed by atoms with E-state index in [9.17, 15) is 0 Å². The summed E-state index contributed by atoms with van der Waals surface area (Å²) in [5.74, 6) is 0. The van der Waals surface area contributed by atoms with Crippen LogP contribution in [0.2, 0.25) is 0 Å². The summed E-state index contributed by atoms with van der Waals surface area (Å²) in [6, 6.07) is 28.5. The lowest BCUT2D eigenvalue weighted by molar-refractivity contribution is 1.27. The summed E-state index contributed by atoms with van der Waals surface area (Å²) in [7, 11) is 0. The van der Waals surface area contributed by atoms with Crippen LogP contribution in [0, 0.1) is 0 Å². The molecule has 3 rings (SSSR count). The topological polar surface area (TPSA) is 0 Å². The van der Waals surface area contributed by atoms with Gasteiger partial charge in [0.15, 0.2) is 0 Å². The van der Waals surface area contributed by atoms with Crippen molar-refractivity contribution in [2.45, 2.75) is 9.79 Å². The lowest BCUT2D eigenvalue weighted by Gasteiger charge is -1.98. The molecule has 3 aromatic carbocycles. The van der Waals surface area contributed by atoms with Crippen LogP contribution in [-0.4, -0.2) is 0 Å². The highest BCUT2D eigenvalue weighted by Gasteiger charge is 1.91. The van der Waals surface area contributed by atoms with E-state index in [2.05, 4.69) is 73.8 Å². The molecule has 20 heavy (non-hydrogen) atoms. The molecule has 100 valence electrons. The van der Waals surface area contributed by atoms with E-state index in [0.717, 1.165) is 9.79 Å². The van der Waals surface area contributed by atoms with Gasteiger partial charge in [0.05, 0.1) is 0 Å². The molecule has 0 saturated carbocycles. The van der Waals surface area contributed by atoms with Crippen molar-refractivity contribution >= 4 is 25.3 Å². The Morgan fingerprint density at radius 3 is 1.00 bits per heavy atom. The molecule has 0 radical (unpaired) electrons. The van der Waals surface area contributed by atoms with Crippen molar-refractivity contribution in [2.24, 2.45) is 0 Å². The van der Waals surface area contributed by atoms with Crippen LogP contribution in [-0.2, 0) is 0 Å². The van der Waals surface area contributed by atoms with E-state index in [0.29, 0.717) is 0 Å². The predicted molar refractivity (Wildman–Crippen MR) is 92.8 cm³/mol. The smallest absolute Gasteiger partial charge is 0.0174 e. The first-order chi connectivity index (χ1) is 9.77. The van der Waals surface area contributed by atoms with Crippen molar-refractivity contribution in [3.8, 4) is 11.1 Å². The van der Waals surface area contributed by atoms with E-state index in [-0.39, 0.29) is 0 Å². The fourth-order valence-electron chi connectivity index (χ4n) is 1.73. The zero-order valence-corrected chi connectivity index (χ0v) is 12.8. The first kappa shape index (κ1) is 14.8. The summed E-state index contributed by atoms with van der Waals surface area (Å²) in [5.41, 5.74) is 2.55. The molecule has 2 heteroatoms. The molecule has 0 amide bonds. The highest BCUT2D eigenvalue weighted by atomic mass is 32.1. The van der Waals surface area contributed by atoms with Gasteiger partial charge in [0.2, 0.25) is 0 Å². The normalized spacial score (nSPS) is 9.50. The Kier molecular flexibility index (Phi) is 5.78. The van der Waals surface area contributed by atoms with Gasteiger partial charge in [0, 0.05) is 9.79 Å². The van der Waals surface area contributed by atoms with Gasteiger partial charge in [-0.05, 0) is 23.3 Å².